The maximum Gasteiger partial charge on any atom is 0.257 e. The summed E-state index contributed by atoms with van der Waals surface area (Å²) in [5, 5.41) is 3.55. The lowest BCUT2D eigenvalue weighted by Gasteiger charge is -2.17. The van der Waals surface area contributed by atoms with E-state index >= 15 is 0 Å². The summed E-state index contributed by atoms with van der Waals surface area (Å²) < 4.78 is 13.3. The van der Waals surface area contributed by atoms with Gasteiger partial charge in [-0.25, -0.2) is 14.4 Å². The summed E-state index contributed by atoms with van der Waals surface area (Å²) in [7, 11) is 0. The fraction of sp³-hybridized carbons (Fsp3) is 0.278. The van der Waals surface area contributed by atoms with Crippen LogP contribution in [0.4, 0.5) is 15.9 Å². The van der Waals surface area contributed by atoms with E-state index in [9.17, 15) is 9.18 Å². The van der Waals surface area contributed by atoms with E-state index in [0.29, 0.717) is 11.3 Å². The number of hydrogen-bond donors (Lipinski definition) is 1. The Morgan fingerprint density at radius 3 is 2.81 bits per heavy atom. The monoisotopic (exact) mass is 390 g/mol. The SMILES string of the molecule is Cc1sc2ncnc(N3CCCC3)c2c1C(=O)Nc1ccc(F)c(Cl)c1. The highest BCUT2D eigenvalue weighted by Gasteiger charge is 2.25. The lowest BCUT2D eigenvalue weighted by molar-refractivity contribution is 0.102. The summed E-state index contributed by atoms with van der Waals surface area (Å²) in [6, 6.07) is 4.12. The summed E-state index contributed by atoms with van der Waals surface area (Å²) in [4.78, 5) is 25.6. The molecule has 0 saturated carbocycles. The van der Waals surface area contributed by atoms with Crippen LogP contribution in [0.2, 0.25) is 5.02 Å². The average molecular weight is 391 g/mol. The van der Waals surface area contributed by atoms with Gasteiger partial charge < -0.3 is 10.2 Å². The van der Waals surface area contributed by atoms with Gasteiger partial charge in [0.1, 0.15) is 22.8 Å². The number of carbonyl (C=O) groups excluding carboxylic acids is 1. The van der Waals surface area contributed by atoms with E-state index in [4.69, 9.17) is 11.6 Å². The first-order valence-corrected chi connectivity index (χ1v) is 9.49. The Labute approximate surface area is 158 Å². The van der Waals surface area contributed by atoms with Crippen LogP contribution in [0, 0.1) is 12.7 Å². The van der Waals surface area contributed by atoms with E-state index < -0.39 is 5.82 Å². The van der Waals surface area contributed by atoms with Gasteiger partial charge in [-0.2, -0.15) is 0 Å². The van der Waals surface area contributed by atoms with Crippen molar-refractivity contribution < 1.29 is 9.18 Å². The minimum Gasteiger partial charge on any atom is -0.356 e. The van der Waals surface area contributed by atoms with Crippen molar-refractivity contribution in [3.05, 3.63) is 45.8 Å². The van der Waals surface area contributed by atoms with E-state index in [1.165, 1.54) is 29.5 Å². The number of aryl methyl sites for hydroxylation is 1. The minimum atomic E-state index is -0.522. The first-order valence-electron chi connectivity index (χ1n) is 8.30. The lowest BCUT2D eigenvalue weighted by Crippen LogP contribution is -2.20. The number of hydrogen-bond acceptors (Lipinski definition) is 5. The van der Waals surface area contributed by atoms with Crippen LogP contribution in [0.5, 0.6) is 0 Å². The third-order valence-electron chi connectivity index (χ3n) is 4.45. The molecule has 3 aromatic rings. The van der Waals surface area contributed by atoms with Crippen LogP contribution in [0.1, 0.15) is 28.1 Å². The zero-order valence-corrected chi connectivity index (χ0v) is 15.6. The van der Waals surface area contributed by atoms with Crippen molar-refractivity contribution in [1.82, 2.24) is 9.97 Å². The van der Waals surface area contributed by atoms with Gasteiger partial charge in [0, 0.05) is 23.7 Å². The zero-order chi connectivity index (χ0) is 18.3. The van der Waals surface area contributed by atoms with Gasteiger partial charge in [-0.3, -0.25) is 4.79 Å². The molecule has 0 bridgehead atoms. The van der Waals surface area contributed by atoms with E-state index in [-0.39, 0.29) is 10.9 Å². The number of aromatic nitrogens is 2. The number of benzene rings is 1. The summed E-state index contributed by atoms with van der Waals surface area (Å²) in [6.45, 7) is 3.75. The molecule has 4 rings (SSSR count). The fourth-order valence-electron chi connectivity index (χ4n) is 3.24. The molecule has 2 aromatic heterocycles. The van der Waals surface area contributed by atoms with E-state index in [0.717, 1.165) is 46.8 Å². The fourth-order valence-corrected chi connectivity index (χ4v) is 4.40. The van der Waals surface area contributed by atoms with Crippen LogP contribution in [-0.4, -0.2) is 29.0 Å². The molecule has 5 nitrogen and oxygen atoms in total. The number of rotatable bonds is 3. The number of halogens is 2. The van der Waals surface area contributed by atoms with Gasteiger partial charge in [-0.1, -0.05) is 11.6 Å². The number of nitrogens with one attached hydrogen (secondary N) is 1. The van der Waals surface area contributed by atoms with Crippen molar-refractivity contribution in [2.24, 2.45) is 0 Å². The van der Waals surface area contributed by atoms with Crippen molar-refractivity contribution in [3.63, 3.8) is 0 Å². The van der Waals surface area contributed by atoms with Crippen LogP contribution in [0.25, 0.3) is 10.2 Å². The number of nitrogens with zero attached hydrogens (tertiary/aromatic N) is 3. The summed E-state index contributed by atoms with van der Waals surface area (Å²) in [6.07, 6.45) is 3.78. The molecule has 0 atom stereocenters. The Morgan fingerprint density at radius 1 is 1.31 bits per heavy atom. The number of carbonyl (C=O) groups is 1. The molecular formula is C18H16ClFN4OS. The molecule has 134 valence electrons. The van der Waals surface area contributed by atoms with E-state index in [1.807, 2.05) is 6.92 Å². The second-order valence-electron chi connectivity index (χ2n) is 6.19. The van der Waals surface area contributed by atoms with Crippen molar-refractivity contribution >= 4 is 50.6 Å². The molecule has 0 aliphatic carbocycles. The highest BCUT2D eigenvalue weighted by atomic mass is 35.5. The molecule has 1 amide bonds. The third kappa shape index (κ3) is 3.01. The van der Waals surface area contributed by atoms with Crippen molar-refractivity contribution in [2.45, 2.75) is 19.8 Å². The molecule has 1 aliphatic rings. The van der Waals surface area contributed by atoms with Gasteiger partial charge in [0.15, 0.2) is 0 Å². The second kappa shape index (κ2) is 6.81. The number of thiophene rings is 1. The third-order valence-corrected chi connectivity index (χ3v) is 5.76. The molecule has 0 radical (unpaired) electrons. The van der Waals surface area contributed by atoms with Gasteiger partial charge in [0.2, 0.25) is 0 Å². The first kappa shape index (κ1) is 17.2. The number of fused-ring (bicyclic) bond motifs is 1. The Morgan fingerprint density at radius 2 is 2.08 bits per heavy atom. The highest BCUT2D eigenvalue weighted by molar-refractivity contribution is 7.19. The maximum absolute atomic E-state index is 13.3. The van der Waals surface area contributed by atoms with E-state index in [1.54, 1.807) is 6.33 Å². The van der Waals surface area contributed by atoms with Crippen LogP contribution < -0.4 is 10.2 Å². The normalized spacial score (nSPS) is 14.2. The second-order valence-corrected chi connectivity index (χ2v) is 7.80. The van der Waals surface area contributed by atoms with Crippen molar-refractivity contribution in [2.75, 3.05) is 23.3 Å². The van der Waals surface area contributed by atoms with Gasteiger partial charge in [0.05, 0.1) is 16.0 Å². The van der Waals surface area contributed by atoms with Crippen molar-refractivity contribution in [1.29, 1.82) is 0 Å². The molecule has 1 fully saturated rings. The molecule has 0 spiro atoms. The van der Waals surface area contributed by atoms with Crippen molar-refractivity contribution in [3.8, 4) is 0 Å². The highest BCUT2D eigenvalue weighted by Crippen LogP contribution is 2.36. The van der Waals surface area contributed by atoms with Crippen LogP contribution in [0.15, 0.2) is 24.5 Å². The lowest BCUT2D eigenvalue weighted by atomic mass is 10.1. The Bertz CT molecular complexity index is 1000. The topological polar surface area (TPSA) is 58.1 Å². The quantitative estimate of drug-likeness (QED) is 0.707. The number of amides is 1. The Hall–Kier alpha value is -2.25. The molecule has 0 unspecified atom stereocenters. The molecule has 1 N–H and O–H groups in total. The molecule has 8 heteroatoms. The smallest absolute Gasteiger partial charge is 0.257 e. The van der Waals surface area contributed by atoms with Crippen LogP contribution >= 0.6 is 22.9 Å². The van der Waals surface area contributed by atoms with E-state index in [2.05, 4.69) is 20.2 Å². The molecule has 3 heterocycles. The molecule has 26 heavy (non-hydrogen) atoms. The Kier molecular flexibility index (Phi) is 4.50. The molecule has 1 aliphatic heterocycles. The van der Waals surface area contributed by atoms with Crippen LogP contribution in [-0.2, 0) is 0 Å². The Balaban J connectivity index is 1.76. The summed E-state index contributed by atoms with van der Waals surface area (Å²) in [5.74, 6) is 0.0114. The summed E-state index contributed by atoms with van der Waals surface area (Å²) >= 11 is 7.28. The van der Waals surface area contributed by atoms with Gasteiger partial charge in [-0.15, -0.1) is 11.3 Å². The predicted octanol–water partition coefficient (Wildman–Crippen LogP) is 4.64. The van der Waals surface area contributed by atoms with Gasteiger partial charge in [0.25, 0.3) is 5.91 Å². The molecule has 1 saturated heterocycles. The van der Waals surface area contributed by atoms with Crippen LogP contribution in [0.3, 0.4) is 0 Å². The standard InChI is InChI=1S/C18H16ClFN4OS/c1-10-14(17(25)23-11-4-5-13(20)12(19)8-11)15-16(24-6-2-3-7-24)21-9-22-18(15)26-10/h4-5,8-9H,2-3,6-7H2,1H3,(H,23,25). The first-order chi connectivity index (χ1) is 12.5. The largest absolute Gasteiger partial charge is 0.356 e. The molecular weight excluding hydrogens is 375 g/mol. The zero-order valence-electron chi connectivity index (χ0n) is 14.1. The maximum atomic E-state index is 13.3. The predicted molar refractivity (Wildman–Crippen MR) is 103 cm³/mol. The van der Waals surface area contributed by atoms with Gasteiger partial charge in [-0.05, 0) is 38.0 Å². The number of anilines is 2. The average Bonchev–Trinajstić information content (AvgIpc) is 3.24. The van der Waals surface area contributed by atoms with Gasteiger partial charge >= 0.3 is 0 Å². The molecule has 1 aromatic carbocycles. The minimum absolute atomic E-state index is 0.0317. The summed E-state index contributed by atoms with van der Waals surface area (Å²) in [5.41, 5.74) is 1.01.